The summed E-state index contributed by atoms with van der Waals surface area (Å²) >= 11 is 0. The van der Waals surface area contributed by atoms with Gasteiger partial charge < -0.3 is 9.80 Å². The molecule has 0 unspecified atom stereocenters. The van der Waals surface area contributed by atoms with Crippen LogP contribution in [0.5, 0.6) is 0 Å². The quantitative estimate of drug-likeness (QED) is 0.653. The number of allylic oxidation sites excluding steroid dienone is 6. The number of hydrogen-bond acceptors (Lipinski definition) is 2. The van der Waals surface area contributed by atoms with E-state index in [9.17, 15) is 0 Å². The van der Waals surface area contributed by atoms with Crippen molar-refractivity contribution < 1.29 is 0 Å². The van der Waals surface area contributed by atoms with E-state index in [4.69, 9.17) is 0 Å². The maximum Gasteiger partial charge on any atom is 0.0384 e. The van der Waals surface area contributed by atoms with Crippen LogP contribution in [-0.2, 0) is 0 Å². The summed E-state index contributed by atoms with van der Waals surface area (Å²) in [6.07, 6.45) is 13.8. The molecule has 1 fully saturated rings. The van der Waals surface area contributed by atoms with Crippen molar-refractivity contribution in [1.29, 1.82) is 0 Å². The monoisotopic (exact) mass is 302 g/mol. The predicted octanol–water partition coefficient (Wildman–Crippen LogP) is 5.12. The van der Waals surface area contributed by atoms with Gasteiger partial charge in [0, 0.05) is 38.6 Å². The Hall–Kier alpha value is -1.44. The van der Waals surface area contributed by atoms with Gasteiger partial charge in [0.2, 0.25) is 0 Å². The van der Waals surface area contributed by atoms with Crippen molar-refractivity contribution in [2.24, 2.45) is 0 Å². The van der Waals surface area contributed by atoms with Crippen LogP contribution in [0.3, 0.4) is 0 Å². The lowest BCUT2D eigenvalue weighted by molar-refractivity contribution is 0.295. The van der Waals surface area contributed by atoms with Gasteiger partial charge in [-0.25, -0.2) is 0 Å². The Morgan fingerprint density at radius 3 is 2.14 bits per heavy atom. The van der Waals surface area contributed by atoms with Crippen molar-refractivity contribution in [2.45, 2.75) is 53.4 Å². The fourth-order valence-electron chi connectivity index (χ4n) is 3.27. The molecule has 0 atom stereocenters. The highest BCUT2D eigenvalue weighted by atomic mass is 15.1. The maximum absolute atomic E-state index is 2.58. The van der Waals surface area contributed by atoms with Crippen LogP contribution in [0, 0.1) is 0 Å². The fraction of sp³-hybridized carbons (Fsp3) is 0.600. The maximum atomic E-state index is 2.58. The van der Waals surface area contributed by atoms with Gasteiger partial charge in [-0.2, -0.15) is 0 Å². The van der Waals surface area contributed by atoms with E-state index in [1.165, 1.54) is 44.5 Å². The second-order valence-electron chi connectivity index (χ2n) is 6.24. The van der Waals surface area contributed by atoms with Crippen LogP contribution in [0.15, 0.2) is 46.8 Å². The van der Waals surface area contributed by atoms with Gasteiger partial charge in [0.05, 0.1) is 0 Å². The highest BCUT2D eigenvalue weighted by molar-refractivity contribution is 5.36. The first-order chi connectivity index (χ1) is 10.5. The molecule has 2 aliphatic rings. The summed E-state index contributed by atoms with van der Waals surface area (Å²) in [5.74, 6) is 0. The molecular formula is C20H34N2. The van der Waals surface area contributed by atoms with E-state index in [1.807, 2.05) is 34.0 Å². The van der Waals surface area contributed by atoms with Crippen LogP contribution in [0.2, 0.25) is 0 Å². The van der Waals surface area contributed by atoms with Gasteiger partial charge in [0.15, 0.2) is 0 Å². The molecule has 2 heterocycles. The molecule has 2 heteroatoms. The van der Waals surface area contributed by atoms with Gasteiger partial charge in [-0.15, -0.1) is 0 Å². The zero-order valence-corrected chi connectivity index (χ0v) is 15.4. The van der Waals surface area contributed by atoms with Crippen LogP contribution < -0.4 is 0 Å². The lowest BCUT2D eigenvalue weighted by atomic mass is 9.92. The molecule has 0 N–H and O–H groups in total. The van der Waals surface area contributed by atoms with E-state index in [2.05, 4.69) is 41.9 Å². The average molecular weight is 303 g/mol. The third-order valence-corrected chi connectivity index (χ3v) is 4.38. The zero-order valence-electron chi connectivity index (χ0n) is 15.4. The van der Waals surface area contributed by atoms with E-state index in [-0.39, 0.29) is 0 Å². The second kappa shape index (κ2) is 9.55. The van der Waals surface area contributed by atoms with Crippen LogP contribution in [-0.4, -0.2) is 37.0 Å². The van der Waals surface area contributed by atoms with Gasteiger partial charge >= 0.3 is 0 Å². The Labute approximate surface area is 137 Å². The Morgan fingerprint density at radius 1 is 1.05 bits per heavy atom. The molecule has 2 aliphatic heterocycles. The van der Waals surface area contributed by atoms with Crippen molar-refractivity contribution >= 4 is 0 Å². The Morgan fingerprint density at radius 2 is 1.68 bits per heavy atom. The van der Waals surface area contributed by atoms with E-state index in [1.54, 1.807) is 16.8 Å². The molecule has 0 amide bonds. The molecule has 1 saturated heterocycles. The van der Waals surface area contributed by atoms with E-state index >= 15 is 0 Å². The van der Waals surface area contributed by atoms with Crippen LogP contribution in [0.1, 0.15) is 53.4 Å². The van der Waals surface area contributed by atoms with E-state index in [0.29, 0.717) is 0 Å². The zero-order chi connectivity index (χ0) is 16.5. The summed E-state index contributed by atoms with van der Waals surface area (Å²) in [5, 5.41) is 0. The Bertz CT molecular complexity index is 464. The molecule has 124 valence electrons. The molecule has 0 spiro atoms. The minimum absolute atomic E-state index is 1.25. The third kappa shape index (κ3) is 5.08. The number of nitrogens with zero attached hydrogens (tertiary/aromatic N) is 2. The number of likely N-dealkylation sites (N-methyl/N-ethyl adjacent to an activating group) is 1. The molecule has 2 rings (SSSR count). The highest BCUT2D eigenvalue weighted by Crippen LogP contribution is 2.33. The molecule has 0 aromatic rings. The SMILES string of the molecule is C/C=C1/CCCN2CCCC(C)=C12.C/C=C\C(=C/C)N(C)C. The number of piperidine rings is 1. The second-order valence-corrected chi connectivity index (χ2v) is 6.24. The van der Waals surface area contributed by atoms with Crippen LogP contribution in [0.4, 0.5) is 0 Å². The van der Waals surface area contributed by atoms with Gasteiger partial charge in [-0.3, -0.25) is 0 Å². The van der Waals surface area contributed by atoms with Crippen molar-refractivity contribution in [3.8, 4) is 0 Å². The van der Waals surface area contributed by atoms with Crippen molar-refractivity contribution in [3.63, 3.8) is 0 Å². The molecule has 22 heavy (non-hydrogen) atoms. The average Bonchev–Trinajstić information content (AvgIpc) is 2.52. The summed E-state index contributed by atoms with van der Waals surface area (Å²) in [5.41, 5.74) is 6.03. The van der Waals surface area contributed by atoms with Gasteiger partial charge in [-0.05, 0) is 70.6 Å². The number of hydrogen-bond donors (Lipinski definition) is 0. The summed E-state index contributed by atoms with van der Waals surface area (Å²) < 4.78 is 0. The summed E-state index contributed by atoms with van der Waals surface area (Å²) in [6, 6.07) is 0. The fourth-order valence-corrected chi connectivity index (χ4v) is 3.27. The van der Waals surface area contributed by atoms with Crippen molar-refractivity contribution in [1.82, 2.24) is 9.80 Å². The normalized spacial score (nSPS) is 20.9. The lowest BCUT2D eigenvalue weighted by Crippen LogP contribution is -2.33. The first-order valence-corrected chi connectivity index (χ1v) is 8.61. The van der Waals surface area contributed by atoms with Crippen LogP contribution >= 0.6 is 0 Å². The largest absolute Gasteiger partial charge is 0.378 e. The van der Waals surface area contributed by atoms with Gasteiger partial charge in [-0.1, -0.05) is 18.2 Å². The summed E-state index contributed by atoms with van der Waals surface area (Å²) in [6.45, 7) is 11.1. The topological polar surface area (TPSA) is 6.48 Å². The Kier molecular flexibility index (Phi) is 8.08. The molecule has 0 aromatic heterocycles. The summed E-state index contributed by atoms with van der Waals surface area (Å²) in [4.78, 5) is 4.66. The predicted molar refractivity (Wildman–Crippen MR) is 98.8 cm³/mol. The molecule has 0 saturated carbocycles. The van der Waals surface area contributed by atoms with Gasteiger partial charge in [0.1, 0.15) is 0 Å². The number of fused-ring (bicyclic) bond motifs is 1. The lowest BCUT2D eigenvalue weighted by Gasteiger charge is -2.38. The molecule has 0 aromatic carbocycles. The minimum atomic E-state index is 1.25. The minimum Gasteiger partial charge on any atom is -0.378 e. The molecule has 2 nitrogen and oxygen atoms in total. The highest BCUT2D eigenvalue weighted by Gasteiger charge is 2.23. The first-order valence-electron chi connectivity index (χ1n) is 8.61. The third-order valence-electron chi connectivity index (χ3n) is 4.38. The molecular weight excluding hydrogens is 268 g/mol. The van der Waals surface area contributed by atoms with Gasteiger partial charge in [0.25, 0.3) is 0 Å². The Balaban J connectivity index is 0.000000239. The number of rotatable bonds is 2. The van der Waals surface area contributed by atoms with Crippen molar-refractivity contribution in [2.75, 3.05) is 27.2 Å². The van der Waals surface area contributed by atoms with Crippen LogP contribution in [0.25, 0.3) is 0 Å². The first kappa shape index (κ1) is 18.6. The van der Waals surface area contributed by atoms with E-state index < -0.39 is 0 Å². The smallest absolute Gasteiger partial charge is 0.0384 e. The molecule has 0 bridgehead atoms. The van der Waals surface area contributed by atoms with E-state index in [0.717, 1.165) is 0 Å². The standard InChI is InChI=1S/C12H19N.C8H15N/c1-3-11-7-5-9-13-8-4-6-10(2)12(11)13;1-5-7-8(6-2)9(3)4/h3H,4-9H2,1-2H3;5-7H,1-4H3/b11-3-;7-5-,8-6+. The molecule has 0 aliphatic carbocycles. The molecule has 0 radical (unpaired) electrons. The summed E-state index contributed by atoms with van der Waals surface area (Å²) in [7, 11) is 4.07. The van der Waals surface area contributed by atoms with Crippen molar-refractivity contribution in [3.05, 3.63) is 46.8 Å².